The summed E-state index contributed by atoms with van der Waals surface area (Å²) in [6.07, 6.45) is 15.6. The van der Waals surface area contributed by atoms with Crippen LogP contribution in [0.15, 0.2) is 183 Å². The fourth-order valence-electron chi connectivity index (χ4n) is 8.31. The predicted molar refractivity (Wildman–Crippen MR) is 310 cm³/mol. The Hall–Kier alpha value is -6.58. The molecular formula is C64H86N8. The van der Waals surface area contributed by atoms with Gasteiger partial charge >= 0.3 is 0 Å². The number of nitrogens with zero attached hydrogens (tertiary/aromatic N) is 5. The Morgan fingerprint density at radius 2 is 0.986 bits per heavy atom. The van der Waals surface area contributed by atoms with E-state index in [4.69, 9.17) is 0 Å². The third-order valence-corrected chi connectivity index (χ3v) is 12.6. The third kappa shape index (κ3) is 20.3. The second kappa shape index (κ2) is 33.1. The molecule has 0 fully saturated rings. The summed E-state index contributed by atoms with van der Waals surface area (Å²) in [5.74, 6) is 2.01. The molecule has 72 heavy (non-hydrogen) atoms. The molecule has 5 aromatic carbocycles. The normalized spacial score (nSPS) is 11.2. The number of aromatic amines is 2. The average Bonchev–Trinajstić information content (AvgIpc) is 4.10. The Bertz CT molecular complexity index is 2420. The van der Waals surface area contributed by atoms with E-state index >= 15 is 0 Å². The van der Waals surface area contributed by atoms with Crippen molar-refractivity contribution in [2.24, 2.45) is 0 Å². The van der Waals surface area contributed by atoms with Gasteiger partial charge in [0.25, 0.3) is 0 Å². The van der Waals surface area contributed by atoms with Gasteiger partial charge in [-0.25, -0.2) is 9.97 Å². The van der Waals surface area contributed by atoms with Gasteiger partial charge in [-0.2, -0.15) is 0 Å². The van der Waals surface area contributed by atoms with Gasteiger partial charge in [0.05, 0.1) is 42.9 Å². The Morgan fingerprint density at radius 1 is 0.569 bits per heavy atom. The highest BCUT2D eigenvalue weighted by Crippen LogP contribution is 2.27. The van der Waals surface area contributed by atoms with Crippen LogP contribution in [0.25, 0.3) is 33.6 Å². The zero-order valence-corrected chi connectivity index (χ0v) is 45.1. The van der Waals surface area contributed by atoms with Gasteiger partial charge in [-0.15, -0.1) is 13.2 Å². The number of hydrogen-bond acceptors (Lipinski definition) is 6. The van der Waals surface area contributed by atoms with Crippen molar-refractivity contribution in [3.63, 3.8) is 0 Å². The molecule has 0 bridgehead atoms. The van der Waals surface area contributed by atoms with Gasteiger partial charge in [0.2, 0.25) is 0 Å². The van der Waals surface area contributed by atoms with Crippen molar-refractivity contribution in [2.45, 2.75) is 98.7 Å². The first-order chi connectivity index (χ1) is 35.1. The molecule has 1 atom stereocenters. The van der Waals surface area contributed by atoms with Crippen LogP contribution >= 0.6 is 0 Å². The van der Waals surface area contributed by atoms with Crippen LogP contribution in [0, 0.1) is 0 Å². The molecule has 0 radical (unpaired) electrons. The molecule has 7 aromatic rings. The van der Waals surface area contributed by atoms with Gasteiger partial charge in [0.1, 0.15) is 11.6 Å². The molecular weight excluding hydrogens is 881 g/mol. The van der Waals surface area contributed by atoms with Crippen LogP contribution in [-0.2, 0) is 32.4 Å². The minimum atomic E-state index is 0.353. The molecule has 0 saturated heterocycles. The lowest BCUT2D eigenvalue weighted by molar-refractivity contribution is 0.257. The standard InChI is InChI=1S/C28H36N6.C18H20.C13H19N.C5H11N/c1-5-15-33(3)19-27-29-17-25(31-27)23-11-7-21(8-12-23)22-9-13-24(14-10-22)26-18-30-28(32-26)20-34(4)16-6-2;1-2-3-7-17-11-14-18(15-12-17)13-10-16-8-5-4-6-9-16;1-4-13(14(5-2)6-3)12-10-8-7-9-11-12;1-4-5(2)6-3/h7-14,17-18H,5-6,15-16,19-20H2,1-4H3,(H,29,31)(H,30,32);2,4-6,8-9,11-12,14-15H,1,3,7,10,13H2;4,7-11,13H,1,5-6H2,2-3H3;6H,2,4H2,1,3H3/t;;13-;/m..0./s1. The minimum absolute atomic E-state index is 0.353. The van der Waals surface area contributed by atoms with E-state index in [2.05, 4.69) is 236 Å². The molecule has 0 aliphatic rings. The van der Waals surface area contributed by atoms with Crippen LogP contribution < -0.4 is 5.32 Å². The lowest BCUT2D eigenvalue weighted by atomic mass is 10.0. The maximum atomic E-state index is 4.55. The topological polar surface area (TPSA) is 79.1 Å². The van der Waals surface area contributed by atoms with Gasteiger partial charge < -0.3 is 15.3 Å². The van der Waals surface area contributed by atoms with E-state index in [1.807, 2.05) is 37.7 Å². The quantitative estimate of drug-likeness (QED) is 0.0524. The fourth-order valence-corrected chi connectivity index (χ4v) is 8.31. The van der Waals surface area contributed by atoms with E-state index in [-0.39, 0.29) is 0 Å². The van der Waals surface area contributed by atoms with E-state index in [9.17, 15) is 0 Å². The maximum Gasteiger partial charge on any atom is 0.120 e. The van der Waals surface area contributed by atoms with E-state index < -0.39 is 0 Å². The van der Waals surface area contributed by atoms with Crippen LogP contribution in [-0.4, -0.2) is 82.0 Å². The Labute approximate surface area is 435 Å². The Balaban J connectivity index is 0.000000246. The number of likely N-dealkylation sites (N-methyl/N-ethyl adjacent to an activating group) is 1. The van der Waals surface area contributed by atoms with Crippen LogP contribution in [0.5, 0.6) is 0 Å². The van der Waals surface area contributed by atoms with E-state index in [1.54, 1.807) is 0 Å². The average molecular weight is 967 g/mol. The van der Waals surface area contributed by atoms with Crippen molar-refractivity contribution >= 4 is 0 Å². The molecule has 2 aromatic heterocycles. The number of allylic oxidation sites excluding steroid dienone is 2. The largest absolute Gasteiger partial charge is 0.392 e. The van der Waals surface area contributed by atoms with Crippen LogP contribution in [0.4, 0.5) is 0 Å². The van der Waals surface area contributed by atoms with Crippen molar-refractivity contribution in [1.82, 2.24) is 40.0 Å². The molecule has 2 heterocycles. The zero-order chi connectivity index (χ0) is 51.9. The first kappa shape index (κ1) is 58.0. The van der Waals surface area contributed by atoms with Crippen molar-refractivity contribution in [1.29, 1.82) is 0 Å². The molecule has 0 saturated carbocycles. The number of aromatic nitrogens is 4. The number of imidazole rings is 2. The van der Waals surface area contributed by atoms with Crippen LogP contribution in [0.1, 0.15) is 100 Å². The number of aryl methyl sites for hydroxylation is 3. The van der Waals surface area contributed by atoms with Crippen molar-refractivity contribution in [3.8, 4) is 33.6 Å². The molecule has 8 nitrogen and oxygen atoms in total. The van der Waals surface area contributed by atoms with Crippen LogP contribution in [0.2, 0.25) is 0 Å². The number of benzene rings is 5. The molecule has 0 spiro atoms. The molecule has 382 valence electrons. The Morgan fingerprint density at radius 3 is 1.36 bits per heavy atom. The summed E-state index contributed by atoms with van der Waals surface area (Å²) in [6.45, 7) is 28.1. The van der Waals surface area contributed by atoms with E-state index in [0.29, 0.717) is 6.04 Å². The van der Waals surface area contributed by atoms with Crippen molar-refractivity contribution in [3.05, 3.63) is 217 Å². The summed E-state index contributed by atoms with van der Waals surface area (Å²) in [6, 6.07) is 47.8. The minimum Gasteiger partial charge on any atom is -0.392 e. The van der Waals surface area contributed by atoms with Gasteiger partial charge in [0.15, 0.2) is 0 Å². The molecule has 0 amide bonds. The summed E-state index contributed by atoms with van der Waals surface area (Å²) in [5.41, 5.74) is 13.5. The molecule has 7 rings (SSSR count). The maximum absolute atomic E-state index is 4.55. The molecule has 0 aliphatic carbocycles. The Kier molecular flexibility index (Phi) is 26.7. The van der Waals surface area contributed by atoms with Gasteiger partial charge in [-0.05, 0) is 130 Å². The second-order valence-electron chi connectivity index (χ2n) is 18.3. The summed E-state index contributed by atoms with van der Waals surface area (Å²) in [4.78, 5) is 23.0. The lowest BCUT2D eigenvalue weighted by Crippen LogP contribution is -2.26. The molecule has 8 heteroatoms. The second-order valence-corrected chi connectivity index (χ2v) is 18.3. The third-order valence-electron chi connectivity index (χ3n) is 12.6. The number of rotatable bonds is 24. The van der Waals surface area contributed by atoms with Gasteiger partial charge in [-0.3, -0.25) is 14.7 Å². The summed E-state index contributed by atoms with van der Waals surface area (Å²) in [5, 5.41) is 2.92. The lowest BCUT2D eigenvalue weighted by Gasteiger charge is -2.27. The van der Waals surface area contributed by atoms with Gasteiger partial charge in [-0.1, -0.05) is 187 Å². The monoisotopic (exact) mass is 967 g/mol. The van der Waals surface area contributed by atoms with Crippen LogP contribution in [0.3, 0.4) is 0 Å². The summed E-state index contributed by atoms with van der Waals surface area (Å²) >= 11 is 0. The number of nitrogens with one attached hydrogen (secondary N) is 3. The zero-order valence-electron chi connectivity index (χ0n) is 45.1. The molecule has 0 unspecified atom stereocenters. The van der Waals surface area contributed by atoms with Gasteiger partial charge in [0, 0.05) is 12.7 Å². The highest BCUT2D eigenvalue weighted by molar-refractivity contribution is 5.71. The van der Waals surface area contributed by atoms with Crippen molar-refractivity contribution < 1.29 is 0 Å². The molecule has 3 N–H and O–H groups in total. The van der Waals surface area contributed by atoms with E-state index in [0.717, 1.165) is 124 Å². The first-order valence-electron chi connectivity index (χ1n) is 26.2. The first-order valence-corrected chi connectivity index (χ1v) is 26.2. The smallest absolute Gasteiger partial charge is 0.120 e. The number of hydrogen-bond donors (Lipinski definition) is 3. The summed E-state index contributed by atoms with van der Waals surface area (Å²) < 4.78 is 0. The molecule has 0 aliphatic heterocycles. The summed E-state index contributed by atoms with van der Waals surface area (Å²) in [7, 11) is 6.14. The van der Waals surface area contributed by atoms with Crippen molar-refractivity contribution in [2.75, 3.05) is 47.3 Å². The van der Waals surface area contributed by atoms with E-state index in [1.165, 1.54) is 33.4 Å². The highest BCUT2D eigenvalue weighted by atomic mass is 15.1. The predicted octanol–water partition coefficient (Wildman–Crippen LogP) is 14.8. The highest BCUT2D eigenvalue weighted by Gasteiger charge is 2.13. The number of H-pyrrole nitrogens is 2. The fraction of sp³-hybridized carbons (Fsp3) is 0.344. The SMILES string of the molecule is C=C(CC)NC.C=CCCc1ccc(CCc2ccccc2)cc1.C=C[C@@H](c1ccccc1)N(CC)CC.CCCN(C)Cc1ncc(-c2ccc(-c3ccc(-c4cnc(CN(C)CCC)[nH]4)cc3)cc2)[nH]1.